The Hall–Kier alpha value is -3.41. The molecule has 3 aromatic rings. The highest BCUT2D eigenvalue weighted by Crippen LogP contribution is 2.29. The van der Waals surface area contributed by atoms with Gasteiger partial charge in [0.1, 0.15) is 5.75 Å². The topological polar surface area (TPSA) is 81.4 Å². The number of methoxy groups -OCH3 is 1. The number of rotatable bonds is 4. The summed E-state index contributed by atoms with van der Waals surface area (Å²) in [6.45, 7) is 1.24. The van der Waals surface area contributed by atoms with E-state index >= 15 is 0 Å². The monoisotopic (exact) mass is 336 g/mol. The number of aromatic nitrogens is 2. The molecule has 0 amide bonds. The molecule has 6 nitrogen and oxygen atoms in total. The van der Waals surface area contributed by atoms with E-state index in [1.54, 1.807) is 13.2 Å². The second-order valence-corrected chi connectivity index (χ2v) is 5.44. The number of aromatic hydroxyl groups is 1. The summed E-state index contributed by atoms with van der Waals surface area (Å²) >= 11 is 0. The number of hydrogen-bond donors (Lipinski definition) is 1. The van der Waals surface area contributed by atoms with Gasteiger partial charge in [-0.05, 0) is 23.8 Å². The van der Waals surface area contributed by atoms with Crippen LogP contribution in [0.4, 0.5) is 0 Å². The quantitative estimate of drug-likeness (QED) is 0.741. The van der Waals surface area contributed by atoms with Gasteiger partial charge in [-0.3, -0.25) is 9.59 Å². The van der Waals surface area contributed by atoms with Crippen LogP contribution in [0, 0.1) is 0 Å². The van der Waals surface area contributed by atoms with E-state index in [2.05, 4.69) is 5.10 Å². The van der Waals surface area contributed by atoms with Crippen molar-refractivity contribution in [3.8, 4) is 28.3 Å². The number of carbonyl (C=O) groups is 1. The van der Waals surface area contributed by atoms with Gasteiger partial charge in [-0.25, -0.2) is 4.68 Å². The molecule has 3 rings (SSSR count). The second kappa shape index (κ2) is 6.60. The van der Waals surface area contributed by atoms with Gasteiger partial charge in [0.25, 0.3) is 5.43 Å². The molecule has 2 aromatic carbocycles. The number of ether oxygens (including phenoxy) is 1. The zero-order valence-electron chi connectivity index (χ0n) is 13.8. The van der Waals surface area contributed by atoms with Crippen molar-refractivity contribution < 1.29 is 14.6 Å². The minimum Gasteiger partial charge on any atom is -0.503 e. The molecule has 25 heavy (non-hydrogen) atoms. The van der Waals surface area contributed by atoms with Gasteiger partial charge < -0.3 is 9.84 Å². The van der Waals surface area contributed by atoms with Gasteiger partial charge in [-0.2, -0.15) is 5.10 Å². The number of ketones is 1. The summed E-state index contributed by atoms with van der Waals surface area (Å²) < 4.78 is 6.59. The lowest BCUT2D eigenvalue weighted by atomic mass is 10.0. The van der Waals surface area contributed by atoms with Crippen molar-refractivity contribution in [3.63, 3.8) is 0 Å². The minimum atomic E-state index is -0.775. The van der Waals surface area contributed by atoms with Crippen LogP contribution in [0.3, 0.4) is 0 Å². The van der Waals surface area contributed by atoms with Crippen molar-refractivity contribution in [1.82, 2.24) is 9.78 Å². The van der Waals surface area contributed by atoms with Crippen LogP contribution in [-0.2, 0) is 0 Å². The van der Waals surface area contributed by atoms with Gasteiger partial charge in [0, 0.05) is 12.5 Å². The van der Waals surface area contributed by atoms with Gasteiger partial charge in [-0.15, -0.1) is 0 Å². The molecule has 0 unspecified atom stereocenters. The largest absolute Gasteiger partial charge is 0.503 e. The Balaban J connectivity index is 2.23. The van der Waals surface area contributed by atoms with Crippen LogP contribution in [0.5, 0.6) is 11.5 Å². The van der Waals surface area contributed by atoms with Crippen LogP contribution >= 0.6 is 0 Å². The Morgan fingerprint density at radius 2 is 1.92 bits per heavy atom. The smallest absolute Gasteiger partial charge is 0.252 e. The Morgan fingerprint density at radius 1 is 1.16 bits per heavy atom. The number of benzene rings is 2. The summed E-state index contributed by atoms with van der Waals surface area (Å²) in [5.41, 5.74) is 1.22. The maximum absolute atomic E-state index is 11.9. The van der Waals surface area contributed by atoms with Crippen molar-refractivity contribution >= 4 is 5.78 Å². The number of carbonyl (C=O) groups excluding carboxylic acids is 1. The van der Waals surface area contributed by atoms with Crippen molar-refractivity contribution in [2.75, 3.05) is 7.11 Å². The van der Waals surface area contributed by atoms with Crippen LogP contribution in [0.25, 0.3) is 16.8 Å². The molecule has 0 aliphatic carbocycles. The minimum absolute atomic E-state index is 0.305. The summed E-state index contributed by atoms with van der Waals surface area (Å²) in [7, 11) is 1.59. The molecule has 126 valence electrons. The molecule has 0 bridgehead atoms. The third kappa shape index (κ3) is 3.14. The molecule has 0 aliphatic heterocycles. The fourth-order valence-corrected chi connectivity index (χ4v) is 2.54. The van der Waals surface area contributed by atoms with Crippen molar-refractivity contribution in [3.05, 3.63) is 70.6 Å². The number of Topliss-reactive ketones (excluding diaryl/α,β-unsaturated/α-hetero) is 1. The van der Waals surface area contributed by atoms with E-state index in [4.69, 9.17) is 4.74 Å². The number of nitrogens with zero attached hydrogens (tertiary/aromatic N) is 2. The van der Waals surface area contributed by atoms with E-state index in [0.717, 1.165) is 11.1 Å². The van der Waals surface area contributed by atoms with Gasteiger partial charge >= 0.3 is 0 Å². The zero-order valence-corrected chi connectivity index (χ0v) is 13.8. The molecule has 1 aromatic heterocycles. The van der Waals surface area contributed by atoms with Crippen molar-refractivity contribution in [1.29, 1.82) is 0 Å². The van der Waals surface area contributed by atoms with Crippen LogP contribution in [0.1, 0.15) is 17.4 Å². The van der Waals surface area contributed by atoms with Crippen LogP contribution in [-0.4, -0.2) is 27.8 Å². The molecular formula is C19H16N2O4. The summed E-state index contributed by atoms with van der Waals surface area (Å²) in [4.78, 5) is 23.5. The van der Waals surface area contributed by atoms with Crippen molar-refractivity contribution in [2.45, 2.75) is 6.92 Å². The average Bonchev–Trinajstić information content (AvgIpc) is 2.63. The highest BCUT2D eigenvalue weighted by molar-refractivity contribution is 5.92. The Bertz CT molecular complexity index is 1010. The summed E-state index contributed by atoms with van der Waals surface area (Å²) in [5, 5.41) is 14.0. The maximum atomic E-state index is 11.9. The highest BCUT2D eigenvalue weighted by Gasteiger charge is 2.15. The maximum Gasteiger partial charge on any atom is 0.252 e. The first kappa shape index (κ1) is 16.4. The molecule has 6 heteroatoms. The lowest BCUT2D eigenvalue weighted by molar-refractivity contribution is 0.100. The van der Waals surface area contributed by atoms with E-state index in [1.807, 2.05) is 42.5 Å². The fourth-order valence-electron chi connectivity index (χ4n) is 2.54. The van der Waals surface area contributed by atoms with E-state index < -0.39 is 17.0 Å². The van der Waals surface area contributed by atoms with E-state index in [9.17, 15) is 14.7 Å². The first-order chi connectivity index (χ1) is 12.0. The normalized spacial score (nSPS) is 10.5. The molecule has 1 N–H and O–H groups in total. The third-order valence-corrected chi connectivity index (χ3v) is 3.77. The number of hydrogen-bond acceptors (Lipinski definition) is 5. The first-order valence-corrected chi connectivity index (χ1v) is 7.59. The lowest BCUT2D eigenvalue weighted by Gasteiger charge is -2.13. The third-order valence-electron chi connectivity index (χ3n) is 3.77. The van der Waals surface area contributed by atoms with Crippen molar-refractivity contribution in [2.24, 2.45) is 0 Å². The Morgan fingerprint density at radius 3 is 2.64 bits per heavy atom. The molecular weight excluding hydrogens is 320 g/mol. The SMILES string of the molecule is COc1cccc(-c2ccccc2-n2cc(O)c(=O)c(C(C)=O)n2)c1. The van der Waals surface area contributed by atoms with Gasteiger partial charge in [0.2, 0.25) is 0 Å². The highest BCUT2D eigenvalue weighted by atomic mass is 16.5. The molecule has 0 fully saturated rings. The average molecular weight is 336 g/mol. The van der Waals surface area contributed by atoms with E-state index in [1.165, 1.54) is 17.8 Å². The molecule has 0 radical (unpaired) electrons. The predicted molar refractivity (Wildman–Crippen MR) is 93.5 cm³/mol. The molecule has 0 spiro atoms. The molecule has 0 saturated carbocycles. The molecule has 1 heterocycles. The standard InChI is InChI=1S/C19H16N2O4/c1-12(22)18-19(24)17(23)11-21(20-18)16-9-4-3-8-15(16)13-6-5-7-14(10-13)25-2/h3-11,23H,1-2H3. The Labute approximate surface area is 143 Å². The van der Waals surface area contributed by atoms with Crippen LogP contribution in [0.15, 0.2) is 59.5 Å². The molecule has 0 saturated heterocycles. The fraction of sp³-hybridized carbons (Fsp3) is 0.105. The second-order valence-electron chi connectivity index (χ2n) is 5.44. The predicted octanol–water partition coefficient (Wildman–Crippen LogP) is 2.82. The van der Waals surface area contributed by atoms with Crippen LogP contribution < -0.4 is 10.2 Å². The van der Waals surface area contributed by atoms with Gasteiger partial charge in [0.05, 0.1) is 19.0 Å². The number of para-hydroxylation sites is 1. The first-order valence-electron chi connectivity index (χ1n) is 7.59. The van der Waals surface area contributed by atoms with E-state index in [-0.39, 0.29) is 5.69 Å². The summed E-state index contributed by atoms with van der Waals surface area (Å²) in [6, 6.07) is 14.8. The zero-order chi connectivity index (χ0) is 18.0. The summed E-state index contributed by atoms with van der Waals surface area (Å²) in [6.07, 6.45) is 1.20. The van der Waals surface area contributed by atoms with Crippen LogP contribution in [0.2, 0.25) is 0 Å². The van der Waals surface area contributed by atoms with Gasteiger partial charge in [0.15, 0.2) is 17.2 Å². The molecule has 0 aliphatic rings. The lowest BCUT2D eigenvalue weighted by Crippen LogP contribution is -2.20. The summed E-state index contributed by atoms with van der Waals surface area (Å²) in [5.74, 6) is -0.332. The molecule has 0 atom stereocenters. The Kier molecular flexibility index (Phi) is 4.35. The van der Waals surface area contributed by atoms with Gasteiger partial charge in [-0.1, -0.05) is 30.3 Å². The van der Waals surface area contributed by atoms with E-state index in [0.29, 0.717) is 11.4 Å².